The third kappa shape index (κ3) is 5.82. The lowest BCUT2D eigenvalue weighted by molar-refractivity contribution is 0.121. The molecule has 2 N–H and O–H groups in total. The first kappa shape index (κ1) is 26.1. The number of anilines is 3. The van der Waals surface area contributed by atoms with Gasteiger partial charge in [-0.2, -0.15) is 9.97 Å². The zero-order valence-corrected chi connectivity index (χ0v) is 23.1. The Hall–Kier alpha value is -4.77. The molecule has 42 heavy (non-hydrogen) atoms. The second kappa shape index (κ2) is 11.2. The molecule has 1 saturated carbocycles. The van der Waals surface area contributed by atoms with Gasteiger partial charge in [-0.15, -0.1) is 0 Å². The number of morpholine rings is 1. The van der Waals surface area contributed by atoms with Gasteiger partial charge in [0.25, 0.3) is 0 Å². The Kier molecular flexibility index (Phi) is 7.00. The molecule has 2 fully saturated rings. The smallest absolute Gasteiger partial charge is 0.326 e. The normalized spacial score (nSPS) is 16.7. The summed E-state index contributed by atoms with van der Waals surface area (Å²) in [7, 11) is 0. The molecule has 0 bridgehead atoms. The molecule has 4 heterocycles. The van der Waals surface area contributed by atoms with Crippen LogP contribution in [-0.2, 0) is 17.8 Å². The molecular weight excluding hydrogens is 534 g/mol. The summed E-state index contributed by atoms with van der Waals surface area (Å²) in [4.78, 5) is 33.2. The van der Waals surface area contributed by atoms with Crippen LogP contribution in [0.15, 0.2) is 66.9 Å². The van der Waals surface area contributed by atoms with E-state index in [1.54, 1.807) is 6.07 Å². The molecule has 0 radical (unpaired) electrons. The first-order valence-corrected chi connectivity index (χ1v) is 14.2. The predicted octanol–water partition coefficient (Wildman–Crippen LogP) is 4.85. The fraction of sp³-hybridized carbons (Fsp3) is 0.323. The molecule has 3 aliphatic rings. The number of nitrogens with one attached hydrogen (secondary N) is 2. The summed E-state index contributed by atoms with van der Waals surface area (Å²) in [5, 5.41) is 5.48. The summed E-state index contributed by atoms with van der Waals surface area (Å²) in [6.07, 6.45) is 5.63. The van der Waals surface area contributed by atoms with Gasteiger partial charge in [0, 0.05) is 36.6 Å². The van der Waals surface area contributed by atoms with Crippen LogP contribution in [0.1, 0.15) is 30.4 Å². The number of carbonyl (C=O) groups is 1. The molecule has 11 nitrogen and oxygen atoms in total. The number of rotatable bonds is 7. The number of aromatic nitrogens is 4. The van der Waals surface area contributed by atoms with E-state index in [0.717, 1.165) is 61.3 Å². The van der Waals surface area contributed by atoms with E-state index in [1.807, 2.05) is 54.6 Å². The molecule has 2 amide bonds. The van der Waals surface area contributed by atoms with Crippen molar-refractivity contribution >= 4 is 23.5 Å². The second-order valence-electron chi connectivity index (χ2n) is 10.7. The van der Waals surface area contributed by atoms with Crippen LogP contribution in [0.5, 0.6) is 11.8 Å². The van der Waals surface area contributed by atoms with Crippen molar-refractivity contribution in [1.82, 2.24) is 19.9 Å². The highest BCUT2D eigenvalue weighted by Gasteiger charge is 2.49. The van der Waals surface area contributed by atoms with Gasteiger partial charge in [0.1, 0.15) is 18.0 Å². The van der Waals surface area contributed by atoms with Crippen molar-refractivity contribution in [2.75, 3.05) is 41.8 Å². The fourth-order valence-electron chi connectivity index (χ4n) is 5.20. The van der Waals surface area contributed by atoms with Crippen LogP contribution >= 0.6 is 0 Å². The fourth-order valence-corrected chi connectivity index (χ4v) is 5.20. The lowest BCUT2D eigenvalue weighted by Gasteiger charge is -2.33. The van der Waals surface area contributed by atoms with E-state index in [2.05, 4.69) is 25.5 Å². The van der Waals surface area contributed by atoms with E-state index in [4.69, 9.17) is 24.2 Å². The third-order valence-electron chi connectivity index (χ3n) is 7.70. The summed E-state index contributed by atoms with van der Waals surface area (Å²) in [5.41, 5.74) is 3.50. The number of urea groups is 1. The lowest BCUT2D eigenvalue weighted by Crippen LogP contribution is -2.38. The van der Waals surface area contributed by atoms with E-state index in [0.29, 0.717) is 43.1 Å². The number of hydrogen-bond donors (Lipinski definition) is 2. The maximum absolute atomic E-state index is 12.7. The molecule has 1 spiro atoms. The Bertz CT molecular complexity index is 1570. The quantitative estimate of drug-likeness (QED) is 0.324. The molecule has 1 saturated heterocycles. The zero-order valence-electron chi connectivity index (χ0n) is 23.1. The third-order valence-corrected chi connectivity index (χ3v) is 7.70. The largest absolute Gasteiger partial charge is 0.473 e. The Balaban J connectivity index is 1.03. The predicted molar refractivity (Wildman–Crippen MR) is 157 cm³/mol. The number of benzene rings is 2. The molecule has 2 aliphatic heterocycles. The summed E-state index contributed by atoms with van der Waals surface area (Å²) >= 11 is 0. The summed E-state index contributed by atoms with van der Waals surface area (Å²) < 4.78 is 17.7. The van der Waals surface area contributed by atoms with Gasteiger partial charge in [-0.05, 0) is 55.5 Å². The molecule has 1 aliphatic carbocycles. The van der Waals surface area contributed by atoms with Crippen molar-refractivity contribution in [3.63, 3.8) is 0 Å². The minimum absolute atomic E-state index is 0.0424. The average Bonchev–Trinajstić information content (AvgIpc) is 3.78. The van der Waals surface area contributed by atoms with Crippen LogP contribution < -0.4 is 25.0 Å². The molecule has 0 atom stereocenters. The number of carbonyl (C=O) groups excluding carboxylic acids is 1. The van der Waals surface area contributed by atoms with E-state index < -0.39 is 6.03 Å². The Labute approximate surface area is 243 Å². The van der Waals surface area contributed by atoms with Crippen LogP contribution in [-0.4, -0.2) is 57.9 Å². The van der Waals surface area contributed by atoms with Gasteiger partial charge in [0.2, 0.25) is 17.7 Å². The first-order valence-electron chi connectivity index (χ1n) is 14.2. The average molecular weight is 566 g/mol. The maximum Gasteiger partial charge on any atom is 0.326 e. The molecule has 4 aromatic rings. The van der Waals surface area contributed by atoms with Crippen molar-refractivity contribution in [1.29, 1.82) is 0 Å². The van der Waals surface area contributed by atoms with Crippen LogP contribution in [0.25, 0.3) is 11.4 Å². The highest BCUT2D eigenvalue weighted by atomic mass is 16.5. The van der Waals surface area contributed by atoms with Gasteiger partial charge in [-0.1, -0.05) is 30.3 Å². The van der Waals surface area contributed by atoms with Gasteiger partial charge in [-0.3, -0.25) is 5.32 Å². The molecule has 214 valence electrons. The van der Waals surface area contributed by atoms with Crippen molar-refractivity contribution in [2.45, 2.75) is 37.9 Å². The van der Waals surface area contributed by atoms with Crippen LogP contribution in [0.2, 0.25) is 0 Å². The first-order chi connectivity index (χ1) is 20.6. The van der Waals surface area contributed by atoms with Crippen LogP contribution in [0, 0.1) is 0 Å². The van der Waals surface area contributed by atoms with Gasteiger partial charge in [-0.25, -0.2) is 14.8 Å². The van der Waals surface area contributed by atoms with E-state index >= 15 is 0 Å². The number of fused-ring (bicyclic) bond motifs is 1. The number of hydrogen-bond acceptors (Lipinski definition) is 9. The van der Waals surface area contributed by atoms with Crippen molar-refractivity contribution in [2.24, 2.45) is 0 Å². The number of amides is 2. The highest BCUT2D eigenvalue weighted by Crippen LogP contribution is 2.49. The lowest BCUT2D eigenvalue weighted by atomic mass is 10.0. The minimum Gasteiger partial charge on any atom is -0.473 e. The highest BCUT2D eigenvalue weighted by molar-refractivity contribution is 5.98. The molecule has 0 unspecified atom stereocenters. The van der Waals surface area contributed by atoms with Crippen molar-refractivity contribution < 1.29 is 19.0 Å². The summed E-state index contributed by atoms with van der Waals surface area (Å²) in [6.45, 7) is 3.30. The zero-order chi connectivity index (χ0) is 28.4. The number of nitrogens with zero attached hydrogens (tertiary/aromatic N) is 5. The van der Waals surface area contributed by atoms with Crippen LogP contribution in [0.3, 0.4) is 0 Å². The maximum atomic E-state index is 12.7. The van der Waals surface area contributed by atoms with E-state index in [1.165, 1.54) is 6.20 Å². The van der Waals surface area contributed by atoms with Gasteiger partial charge >= 0.3 is 6.03 Å². The second-order valence-corrected chi connectivity index (χ2v) is 10.7. The van der Waals surface area contributed by atoms with E-state index in [9.17, 15) is 4.79 Å². The van der Waals surface area contributed by atoms with Crippen molar-refractivity contribution in [3.05, 3.63) is 78.0 Å². The summed E-state index contributed by atoms with van der Waals surface area (Å²) in [6, 6.07) is 18.4. The Morgan fingerprint density at radius 1 is 0.929 bits per heavy atom. The van der Waals surface area contributed by atoms with Gasteiger partial charge in [0.15, 0.2) is 5.82 Å². The van der Waals surface area contributed by atoms with E-state index in [-0.39, 0.29) is 11.5 Å². The molecule has 2 aromatic carbocycles. The van der Waals surface area contributed by atoms with Crippen LogP contribution in [0.4, 0.5) is 22.2 Å². The van der Waals surface area contributed by atoms with Gasteiger partial charge in [0.05, 0.1) is 18.8 Å². The molecule has 7 rings (SSSR count). The van der Waals surface area contributed by atoms with Gasteiger partial charge < -0.3 is 24.4 Å². The SMILES string of the molecule is O=C(Nc1ccc(-c2nc3c(c(N4CCOCC4)n2)CCC2(CC2)O3)cc1)Nc1nccc(OCc2ccccc2)n1. The molecule has 11 heteroatoms. The summed E-state index contributed by atoms with van der Waals surface area (Å²) in [5.74, 6) is 2.74. The topological polar surface area (TPSA) is 124 Å². The standard InChI is InChI=1S/C31H31N7O4/c39-30(37-29-32-15-11-25(34-29)41-20-21-4-2-1-3-5-21)33-23-8-6-22(7-9-23)26-35-27(38-16-18-40-19-17-38)24-10-12-31(13-14-31)42-28(24)36-26/h1-9,11,15H,10,12-14,16-20H2,(H2,32,33,34,37,39). The minimum atomic E-state index is -0.467. The van der Waals surface area contributed by atoms with Crippen molar-refractivity contribution in [3.8, 4) is 23.1 Å². The number of ether oxygens (including phenoxy) is 3. The molecule has 2 aromatic heterocycles. The Morgan fingerprint density at radius 3 is 2.52 bits per heavy atom. The Morgan fingerprint density at radius 2 is 1.74 bits per heavy atom. The monoisotopic (exact) mass is 565 g/mol. The molecular formula is C31H31N7O4.